The third-order valence-electron chi connectivity index (χ3n) is 5.68. The average Bonchev–Trinajstić information content (AvgIpc) is 2.73. The van der Waals surface area contributed by atoms with Crippen LogP contribution in [-0.4, -0.2) is 54.4 Å². The van der Waals surface area contributed by atoms with Crippen LogP contribution < -0.4 is 0 Å². The lowest BCUT2D eigenvalue weighted by Gasteiger charge is -2.35. The molecule has 2 aliphatic heterocycles. The van der Waals surface area contributed by atoms with Crippen molar-refractivity contribution in [2.45, 2.75) is 26.4 Å². The van der Waals surface area contributed by atoms with Crippen LogP contribution in [0.1, 0.15) is 51.8 Å². The smallest absolute Gasteiger partial charge is 0.339 e. The summed E-state index contributed by atoms with van der Waals surface area (Å²) >= 11 is 0. The summed E-state index contributed by atoms with van der Waals surface area (Å²) in [6, 6.07) is 15.1. The largest absolute Gasteiger partial charge is 0.454 e. The van der Waals surface area contributed by atoms with Crippen molar-refractivity contribution in [3.05, 3.63) is 70.8 Å². The fraction of sp³-hybridized carbons (Fsp3) is 0.417. The zero-order valence-electron chi connectivity index (χ0n) is 17.1. The van der Waals surface area contributed by atoms with Crippen molar-refractivity contribution in [2.75, 3.05) is 32.7 Å². The van der Waals surface area contributed by atoms with Gasteiger partial charge in [-0.05, 0) is 35.2 Å². The van der Waals surface area contributed by atoms with Crippen LogP contribution in [-0.2, 0) is 11.2 Å². The Morgan fingerprint density at radius 1 is 1.07 bits per heavy atom. The van der Waals surface area contributed by atoms with Crippen LogP contribution in [0.4, 0.5) is 0 Å². The molecule has 2 aromatic rings. The third kappa shape index (κ3) is 4.35. The molecule has 2 heterocycles. The van der Waals surface area contributed by atoms with E-state index in [1.54, 1.807) is 12.1 Å². The minimum atomic E-state index is -0.318. The molecule has 0 aliphatic carbocycles. The molecule has 0 radical (unpaired) electrons. The monoisotopic (exact) mass is 392 g/mol. The first-order valence-electron chi connectivity index (χ1n) is 10.4. The van der Waals surface area contributed by atoms with E-state index >= 15 is 0 Å². The predicted octanol–water partition coefficient (Wildman–Crippen LogP) is 3.55. The number of nitrogens with zero attached hydrogens (tertiary/aromatic N) is 2. The van der Waals surface area contributed by atoms with Crippen LogP contribution in [0.2, 0.25) is 0 Å². The second-order valence-corrected chi connectivity index (χ2v) is 8.37. The van der Waals surface area contributed by atoms with Gasteiger partial charge < -0.3 is 9.64 Å². The molecule has 1 amide bonds. The van der Waals surface area contributed by atoms with Gasteiger partial charge in [-0.2, -0.15) is 0 Å². The van der Waals surface area contributed by atoms with Crippen LogP contribution in [0.15, 0.2) is 48.5 Å². The molecule has 0 spiro atoms. The Labute approximate surface area is 172 Å². The minimum Gasteiger partial charge on any atom is -0.454 e. The molecule has 5 nitrogen and oxygen atoms in total. The summed E-state index contributed by atoms with van der Waals surface area (Å²) in [6.07, 6.45) is 0.287. The maximum atomic E-state index is 13.0. The second-order valence-electron chi connectivity index (χ2n) is 8.37. The van der Waals surface area contributed by atoms with Gasteiger partial charge in [0.1, 0.15) is 6.10 Å². The van der Waals surface area contributed by atoms with Crippen molar-refractivity contribution in [1.82, 2.24) is 9.80 Å². The van der Waals surface area contributed by atoms with E-state index in [0.717, 1.165) is 43.9 Å². The number of amides is 1. The lowest BCUT2D eigenvalue weighted by Crippen LogP contribution is -2.49. The van der Waals surface area contributed by atoms with Gasteiger partial charge in [-0.1, -0.05) is 44.2 Å². The van der Waals surface area contributed by atoms with E-state index in [0.29, 0.717) is 23.5 Å². The van der Waals surface area contributed by atoms with Crippen molar-refractivity contribution in [3.8, 4) is 0 Å². The number of benzene rings is 2. The Hall–Kier alpha value is -2.66. The molecule has 0 saturated carbocycles. The highest BCUT2D eigenvalue weighted by molar-refractivity contribution is 5.97. The summed E-state index contributed by atoms with van der Waals surface area (Å²) in [5.41, 5.74) is 3.09. The van der Waals surface area contributed by atoms with E-state index in [4.69, 9.17) is 4.74 Å². The van der Waals surface area contributed by atoms with Crippen molar-refractivity contribution in [1.29, 1.82) is 0 Å². The number of cyclic esters (lactones) is 1. The van der Waals surface area contributed by atoms with Crippen LogP contribution in [0.5, 0.6) is 0 Å². The molecule has 5 heteroatoms. The molecule has 0 aromatic heterocycles. The van der Waals surface area contributed by atoms with Gasteiger partial charge >= 0.3 is 5.97 Å². The van der Waals surface area contributed by atoms with E-state index in [1.807, 2.05) is 41.3 Å². The van der Waals surface area contributed by atoms with E-state index < -0.39 is 0 Å². The molecule has 1 unspecified atom stereocenters. The number of piperazine rings is 1. The molecule has 2 aromatic carbocycles. The Kier molecular flexibility index (Phi) is 5.67. The molecule has 1 atom stereocenters. The number of hydrogen-bond acceptors (Lipinski definition) is 4. The predicted molar refractivity (Wildman–Crippen MR) is 112 cm³/mol. The van der Waals surface area contributed by atoms with Crippen molar-refractivity contribution >= 4 is 11.9 Å². The topological polar surface area (TPSA) is 49.9 Å². The molecule has 1 fully saturated rings. The van der Waals surface area contributed by atoms with E-state index in [9.17, 15) is 9.59 Å². The van der Waals surface area contributed by atoms with Crippen LogP contribution in [0.25, 0.3) is 0 Å². The molecule has 2 aliphatic rings. The van der Waals surface area contributed by atoms with Gasteiger partial charge in [0.15, 0.2) is 0 Å². The summed E-state index contributed by atoms with van der Waals surface area (Å²) in [7, 11) is 0. The summed E-state index contributed by atoms with van der Waals surface area (Å²) in [5.74, 6) is 0.365. The third-order valence-corrected chi connectivity index (χ3v) is 5.68. The van der Waals surface area contributed by atoms with Crippen molar-refractivity contribution < 1.29 is 14.3 Å². The number of ether oxygens (including phenoxy) is 1. The van der Waals surface area contributed by atoms with E-state index in [1.165, 1.54) is 0 Å². The SMILES string of the molecule is CC(C)CN1CCN(C(=O)c2ccc3c(c2)CC(c2ccccc2)OC3=O)CC1. The molecular formula is C24H28N2O3. The summed E-state index contributed by atoms with van der Waals surface area (Å²) in [6.45, 7) is 8.84. The Balaban J connectivity index is 1.48. The number of rotatable bonds is 4. The highest BCUT2D eigenvalue weighted by Gasteiger charge is 2.29. The molecule has 4 rings (SSSR count). The number of carbonyl (C=O) groups is 2. The Bertz CT molecular complexity index is 886. The van der Waals surface area contributed by atoms with Gasteiger partial charge in [0.2, 0.25) is 0 Å². The highest BCUT2D eigenvalue weighted by Crippen LogP contribution is 2.31. The van der Waals surface area contributed by atoms with Crippen LogP contribution >= 0.6 is 0 Å². The number of carbonyl (C=O) groups excluding carboxylic acids is 2. The summed E-state index contributed by atoms with van der Waals surface area (Å²) < 4.78 is 5.62. The fourth-order valence-electron chi connectivity index (χ4n) is 4.21. The van der Waals surface area contributed by atoms with E-state index in [2.05, 4.69) is 18.7 Å². The maximum absolute atomic E-state index is 13.0. The minimum absolute atomic E-state index is 0.0483. The molecule has 152 valence electrons. The molecule has 0 bridgehead atoms. The van der Waals surface area contributed by atoms with Gasteiger partial charge in [-0.25, -0.2) is 4.79 Å². The highest BCUT2D eigenvalue weighted by atomic mass is 16.5. The van der Waals surface area contributed by atoms with Crippen molar-refractivity contribution in [2.24, 2.45) is 5.92 Å². The lowest BCUT2D eigenvalue weighted by molar-refractivity contribution is 0.0252. The molecular weight excluding hydrogens is 364 g/mol. The van der Waals surface area contributed by atoms with Gasteiger partial charge in [0, 0.05) is 44.7 Å². The molecule has 1 saturated heterocycles. The number of esters is 1. The summed E-state index contributed by atoms with van der Waals surface area (Å²) in [4.78, 5) is 29.8. The number of fused-ring (bicyclic) bond motifs is 1. The number of hydrogen-bond donors (Lipinski definition) is 0. The molecule has 29 heavy (non-hydrogen) atoms. The van der Waals surface area contributed by atoms with Gasteiger partial charge in [0.25, 0.3) is 5.91 Å². The van der Waals surface area contributed by atoms with Gasteiger partial charge in [-0.3, -0.25) is 9.69 Å². The van der Waals surface area contributed by atoms with E-state index in [-0.39, 0.29) is 18.0 Å². The second kappa shape index (κ2) is 8.37. The quantitative estimate of drug-likeness (QED) is 0.747. The van der Waals surface area contributed by atoms with Gasteiger partial charge in [-0.15, -0.1) is 0 Å². The van der Waals surface area contributed by atoms with Gasteiger partial charge in [0.05, 0.1) is 5.56 Å². The average molecular weight is 392 g/mol. The first-order chi connectivity index (χ1) is 14.0. The molecule has 0 N–H and O–H groups in total. The Morgan fingerprint density at radius 2 is 1.79 bits per heavy atom. The van der Waals surface area contributed by atoms with Crippen LogP contribution in [0.3, 0.4) is 0 Å². The van der Waals surface area contributed by atoms with Crippen molar-refractivity contribution in [3.63, 3.8) is 0 Å². The first kappa shape index (κ1) is 19.6. The Morgan fingerprint density at radius 3 is 2.48 bits per heavy atom. The zero-order chi connectivity index (χ0) is 20.4. The zero-order valence-corrected chi connectivity index (χ0v) is 17.1. The summed E-state index contributed by atoms with van der Waals surface area (Å²) in [5, 5.41) is 0. The normalized spacial score (nSPS) is 19.8. The first-order valence-corrected chi connectivity index (χ1v) is 10.4. The maximum Gasteiger partial charge on any atom is 0.339 e. The van der Waals surface area contributed by atoms with Crippen LogP contribution in [0, 0.1) is 5.92 Å². The standard InChI is InChI=1S/C24H28N2O3/c1-17(2)16-25-10-12-26(13-11-25)23(27)19-8-9-21-20(14-19)15-22(29-24(21)28)18-6-4-3-5-7-18/h3-9,14,17,22H,10-13,15-16H2,1-2H3. The fourth-order valence-corrected chi connectivity index (χ4v) is 4.21. The lowest BCUT2D eigenvalue weighted by atomic mass is 9.93.